The average Bonchev–Trinajstić information content (AvgIpc) is 3.09. The number of aryl methyl sites for hydroxylation is 1. The van der Waals surface area contributed by atoms with Crippen molar-refractivity contribution in [2.45, 2.75) is 44.7 Å². The number of hydrogen-bond donors (Lipinski definition) is 1. The van der Waals surface area contributed by atoms with Crippen LogP contribution < -0.4 is 5.32 Å². The Morgan fingerprint density at radius 3 is 2.95 bits per heavy atom. The van der Waals surface area contributed by atoms with Gasteiger partial charge in [0.25, 0.3) is 0 Å². The van der Waals surface area contributed by atoms with Crippen molar-refractivity contribution >= 4 is 0 Å². The summed E-state index contributed by atoms with van der Waals surface area (Å²) >= 11 is 0. The minimum absolute atomic E-state index is 0.532. The average molecular weight is 269 g/mol. The van der Waals surface area contributed by atoms with Crippen molar-refractivity contribution in [2.75, 3.05) is 6.54 Å². The predicted octanol–water partition coefficient (Wildman–Crippen LogP) is 2.98. The summed E-state index contributed by atoms with van der Waals surface area (Å²) in [5, 5.41) is 3.67. The van der Waals surface area contributed by atoms with E-state index in [0.717, 1.165) is 25.9 Å². The number of rotatable bonds is 5. The van der Waals surface area contributed by atoms with Crippen LogP contribution >= 0.6 is 0 Å². The Labute approximate surface area is 121 Å². The van der Waals surface area contributed by atoms with Gasteiger partial charge >= 0.3 is 0 Å². The third-order valence-corrected chi connectivity index (χ3v) is 4.23. The minimum atomic E-state index is 0.532. The third kappa shape index (κ3) is 2.78. The number of aromatic nitrogens is 2. The second kappa shape index (κ2) is 6.23. The molecule has 1 aromatic carbocycles. The molecular formula is C17H23N3. The maximum absolute atomic E-state index is 4.36. The first-order chi connectivity index (χ1) is 9.88. The molecule has 0 bridgehead atoms. The molecule has 2 heterocycles. The highest BCUT2D eigenvalue weighted by molar-refractivity contribution is 5.20. The molecule has 3 heteroatoms. The summed E-state index contributed by atoms with van der Waals surface area (Å²) in [6, 6.07) is 11.3. The predicted molar refractivity (Wildman–Crippen MR) is 81.8 cm³/mol. The molecule has 1 aromatic heterocycles. The lowest BCUT2D eigenvalue weighted by atomic mass is 9.92. The molecule has 2 atom stereocenters. The highest BCUT2D eigenvalue weighted by atomic mass is 15.1. The molecule has 0 saturated carbocycles. The van der Waals surface area contributed by atoms with Gasteiger partial charge in [0.2, 0.25) is 0 Å². The van der Waals surface area contributed by atoms with Crippen molar-refractivity contribution in [3.63, 3.8) is 0 Å². The summed E-state index contributed by atoms with van der Waals surface area (Å²) in [6.07, 6.45) is 7.52. The molecule has 3 rings (SSSR count). The van der Waals surface area contributed by atoms with E-state index in [4.69, 9.17) is 0 Å². The molecular weight excluding hydrogens is 246 g/mol. The van der Waals surface area contributed by atoms with Gasteiger partial charge in [0, 0.05) is 30.4 Å². The Morgan fingerprint density at radius 2 is 2.15 bits per heavy atom. The van der Waals surface area contributed by atoms with E-state index >= 15 is 0 Å². The zero-order chi connectivity index (χ0) is 13.8. The molecule has 1 aliphatic rings. The maximum Gasteiger partial charge on any atom is 0.0948 e. The van der Waals surface area contributed by atoms with E-state index in [-0.39, 0.29) is 0 Å². The monoisotopic (exact) mass is 269 g/mol. The summed E-state index contributed by atoms with van der Waals surface area (Å²) in [6.45, 7) is 4.40. The van der Waals surface area contributed by atoms with Crippen molar-refractivity contribution in [3.05, 3.63) is 54.1 Å². The van der Waals surface area contributed by atoms with Gasteiger partial charge in [-0.1, -0.05) is 37.3 Å². The van der Waals surface area contributed by atoms with Crippen molar-refractivity contribution < 1.29 is 0 Å². The fourth-order valence-electron chi connectivity index (χ4n) is 3.27. The second-order valence-electron chi connectivity index (χ2n) is 5.66. The summed E-state index contributed by atoms with van der Waals surface area (Å²) in [5.74, 6) is 0.587. The van der Waals surface area contributed by atoms with E-state index in [1.54, 1.807) is 0 Å². The lowest BCUT2D eigenvalue weighted by Crippen LogP contribution is -2.29. The number of benzene rings is 1. The largest absolute Gasteiger partial charge is 0.334 e. The van der Waals surface area contributed by atoms with Crippen LogP contribution in [0.4, 0.5) is 0 Å². The Morgan fingerprint density at radius 1 is 1.30 bits per heavy atom. The molecule has 20 heavy (non-hydrogen) atoms. The minimum Gasteiger partial charge on any atom is -0.334 e. The summed E-state index contributed by atoms with van der Waals surface area (Å²) in [7, 11) is 0. The molecule has 106 valence electrons. The normalized spacial score (nSPS) is 22.2. The van der Waals surface area contributed by atoms with E-state index < -0.39 is 0 Å². The van der Waals surface area contributed by atoms with Gasteiger partial charge in [-0.3, -0.25) is 0 Å². The first kappa shape index (κ1) is 13.4. The van der Waals surface area contributed by atoms with Gasteiger partial charge in [-0.25, -0.2) is 4.98 Å². The van der Waals surface area contributed by atoms with Gasteiger partial charge in [-0.05, 0) is 31.4 Å². The zero-order valence-corrected chi connectivity index (χ0v) is 12.1. The Balaban J connectivity index is 1.76. The van der Waals surface area contributed by atoms with E-state index in [2.05, 4.69) is 58.3 Å². The van der Waals surface area contributed by atoms with E-state index in [1.165, 1.54) is 17.7 Å². The van der Waals surface area contributed by atoms with E-state index in [0.29, 0.717) is 12.0 Å². The first-order valence-corrected chi connectivity index (χ1v) is 7.66. The quantitative estimate of drug-likeness (QED) is 0.904. The van der Waals surface area contributed by atoms with Crippen LogP contribution in [0.3, 0.4) is 0 Å². The molecule has 0 aliphatic carbocycles. The van der Waals surface area contributed by atoms with E-state index in [1.807, 2.05) is 6.33 Å². The highest BCUT2D eigenvalue weighted by Gasteiger charge is 2.30. The number of nitrogens with one attached hydrogen (secondary N) is 1. The van der Waals surface area contributed by atoms with Crippen molar-refractivity contribution in [2.24, 2.45) is 0 Å². The molecule has 0 radical (unpaired) electrons. The summed E-state index contributed by atoms with van der Waals surface area (Å²) < 4.78 is 2.33. The molecule has 0 amide bonds. The van der Waals surface area contributed by atoms with Crippen LogP contribution in [-0.4, -0.2) is 22.1 Å². The van der Waals surface area contributed by atoms with Crippen LogP contribution in [0, 0.1) is 0 Å². The Bertz CT molecular complexity index is 532. The van der Waals surface area contributed by atoms with Gasteiger partial charge in [-0.15, -0.1) is 0 Å². The molecule has 1 fully saturated rings. The second-order valence-corrected chi connectivity index (χ2v) is 5.66. The molecule has 1 aliphatic heterocycles. The van der Waals surface area contributed by atoms with Gasteiger partial charge in [0.1, 0.15) is 0 Å². The van der Waals surface area contributed by atoms with Crippen LogP contribution in [0.1, 0.15) is 36.9 Å². The third-order valence-electron chi connectivity index (χ3n) is 4.23. The molecule has 1 saturated heterocycles. The summed E-state index contributed by atoms with van der Waals surface area (Å²) in [4.78, 5) is 4.36. The highest BCUT2D eigenvalue weighted by Crippen LogP contribution is 2.29. The van der Waals surface area contributed by atoms with Crippen LogP contribution in [0.2, 0.25) is 0 Å². The van der Waals surface area contributed by atoms with Gasteiger partial charge in [0.15, 0.2) is 0 Å². The van der Waals surface area contributed by atoms with Crippen molar-refractivity contribution in [1.29, 1.82) is 0 Å². The number of hydrogen-bond acceptors (Lipinski definition) is 2. The van der Waals surface area contributed by atoms with Crippen LogP contribution in [-0.2, 0) is 13.0 Å². The fraction of sp³-hybridized carbons (Fsp3) is 0.471. The number of nitrogens with zero attached hydrogens (tertiary/aromatic N) is 2. The zero-order valence-electron chi connectivity index (χ0n) is 12.1. The first-order valence-electron chi connectivity index (χ1n) is 7.66. The Kier molecular flexibility index (Phi) is 4.16. The van der Waals surface area contributed by atoms with Crippen LogP contribution in [0.15, 0.2) is 42.9 Å². The van der Waals surface area contributed by atoms with Crippen LogP contribution in [0.5, 0.6) is 0 Å². The van der Waals surface area contributed by atoms with Crippen molar-refractivity contribution in [3.8, 4) is 0 Å². The van der Waals surface area contributed by atoms with E-state index in [9.17, 15) is 0 Å². The van der Waals surface area contributed by atoms with Gasteiger partial charge < -0.3 is 9.88 Å². The van der Waals surface area contributed by atoms with Gasteiger partial charge in [-0.2, -0.15) is 0 Å². The van der Waals surface area contributed by atoms with Gasteiger partial charge in [0.05, 0.1) is 6.33 Å². The Hall–Kier alpha value is -1.61. The molecule has 3 nitrogen and oxygen atoms in total. The maximum atomic E-state index is 4.36. The molecule has 2 aromatic rings. The number of imidazole rings is 1. The lowest BCUT2D eigenvalue weighted by molar-refractivity contribution is 0.508. The van der Waals surface area contributed by atoms with Crippen molar-refractivity contribution in [1.82, 2.24) is 14.9 Å². The lowest BCUT2D eigenvalue weighted by Gasteiger charge is -2.21. The topological polar surface area (TPSA) is 29.9 Å². The SMILES string of the molecule is CCCn1cncc1C1CCNC1Cc1ccccc1. The molecule has 0 spiro atoms. The standard InChI is InChI=1S/C17H23N3/c1-2-10-20-13-18-12-17(20)15-8-9-19-16(15)11-14-6-4-3-5-7-14/h3-7,12-13,15-16,19H,2,8-11H2,1H3. The smallest absolute Gasteiger partial charge is 0.0948 e. The fourth-order valence-corrected chi connectivity index (χ4v) is 3.27. The molecule has 1 N–H and O–H groups in total. The van der Waals surface area contributed by atoms with Crippen LogP contribution in [0.25, 0.3) is 0 Å². The molecule has 2 unspecified atom stereocenters. The summed E-state index contributed by atoms with van der Waals surface area (Å²) in [5.41, 5.74) is 2.82.